The van der Waals surface area contributed by atoms with Crippen molar-refractivity contribution in [1.29, 1.82) is 0 Å². The predicted octanol–water partition coefficient (Wildman–Crippen LogP) is 8.69. The maximum absolute atomic E-state index is 12.8. The van der Waals surface area contributed by atoms with E-state index in [9.17, 15) is 19.2 Å². The average Bonchev–Trinajstić information content (AvgIpc) is 3.78. The molecule has 2 heterocycles. The summed E-state index contributed by atoms with van der Waals surface area (Å²) in [6.07, 6.45) is 0. The first-order valence-electron chi connectivity index (χ1n) is 24.4. The minimum atomic E-state index is -0.555. The third-order valence-electron chi connectivity index (χ3n) is 11.9. The van der Waals surface area contributed by atoms with Crippen LogP contribution in [0.15, 0.2) is 146 Å². The quantitative estimate of drug-likeness (QED) is 0.0591. The smallest absolute Gasteiger partial charge is 1.00 e. The molecule has 1 aliphatic rings. The molecule has 0 saturated heterocycles. The Morgan fingerprint density at radius 1 is 0.608 bits per heavy atom. The van der Waals surface area contributed by atoms with E-state index in [0.717, 1.165) is 77.2 Å². The van der Waals surface area contributed by atoms with E-state index in [-0.39, 0.29) is 54.9 Å². The van der Waals surface area contributed by atoms with Gasteiger partial charge in [-0.05, 0) is 164 Å². The van der Waals surface area contributed by atoms with E-state index in [2.05, 4.69) is 70.2 Å². The molecule has 0 aliphatic carbocycles. The number of esters is 4. The summed E-state index contributed by atoms with van der Waals surface area (Å²) < 4.78 is 23.5. The Morgan fingerprint density at radius 3 is 1.54 bits per heavy atom. The van der Waals surface area contributed by atoms with Gasteiger partial charge in [0.05, 0.1) is 40.7 Å². The molecular weight excluding hydrogens is 1000 g/mol. The molecule has 0 radical (unpaired) electrons. The number of aryl methyl sites for hydroxylation is 1. The average molecular weight is 1070 g/mol. The SMILES string of the molecule is C=C1[NH+]=c2ccc(C(=O)OCC)cc2=C1C.CC(C)(C)OC(=O)c1ccccc1-c1ccc(CBr)cc1.CCOC(=O)c1ccc2c(c1)c(C)c(C)n2Cc1ccc(-c2ccccc2C(=O)OC(C)(C)C)cc1.[H-].[Na+]. The van der Waals surface area contributed by atoms with Gasteiger partial charge in [0.1, 0.15) is 11.2 Å². The van der Waals surface area contributed by atoms with Gasteiger partial charge in [-0.1, -0.05) is 101 Å². The molecule has 8 rings (SSSR count). The summed E-state index contributed by atoms with van der Waals surface area (Å²) in [5, 5.41) is 3.90. The van der Waals surface area contributed by atoms with Crippen molar-refractivity contribution in [3.63, 3.8) is 0 Å². The van der Waals surface area contributed by atoms with Crippen LogP contribution in [0.5, 0.6) is 0 Å². The van der Waals surface area contributed by atoms with Crippen LogP contribution in [-0.2, 0) is 30.8 Å². The molecule has 12 heteroatoms. The summed E-state index contributed by atoms with van der Waals surface area (Å²) >= 11 is 3.43. The second kappa shape index (κ2) is 25.7. The number of hydrogen-bond acceptors (Lipinski definition) is 8. The summed E-state index contributed by atoms with van der Waals surface area (Å²) in [4.78, 5) is 52.1. The molecule has 74 heavy (non-hydrogen) atoms. The molecule has 0 bridgehead atoms. The summed E-state index contributed by atoms with van der Waals surface area (Å²) in [5.74, 6) is -1.20. The van der Waals surface area contributed by atoms with Crippen LogP contribution >= 0.6 is 15.9 Å². The van der Waals surface area contributed by atoms with Gasteiger partial charge in [-0.25, -0.2) is 24.2 Å². The van der Waals surface area contributed by atoms with Gasteiger partial charge in [-0.15, -0.1) is 0 Å². The monoisotopic (exact) mass is 1070 g/mol. The van der Waals surface area contributed by atoms with E-state index in [1.165, 1.54) is 5.56 Å². The Balaban J connectivity index is 0.000000265. The molecular formula is C62H67BrN2NaO8+. The zero-order chi connectivity index (χ0) is 53.2. The minimum Gasteiger partial charge on any atom is -1.00 e. The number of ether oxygens (including phenoxy) is 4. The van der Waals surface area contributed by atoms with E-state index in [1.807, 2.05) is 152 Å². The normalized spacial score (nSPS) is 11.7. The van der Waals surface area contributed by atoms with Crippen LogP contribution < -0.4 is 45.1 Å². The van der Waals surface area contributed by atoms with E-state index in [0.29, 0.717) is 42.0 Å². The molecule has 0 unspecified atom stereocenters. The first-order valence-corrected chi connectivity index (χ1v) is 25.5. The number of rotatable bonds is 11. The zero-order valence-corrected chi connectivity index (χ0v) is 48.4. The maximum Gasteiger partial charge on any atom is 1.00 e. The minimum absolute atomic E-state index is 0. The molecule has 1 N–H and O–H groups in total. The fourth-order valence-electron chi connectivity index (χ4n) is 8.16. The van der Waals surface area contributed by atoms with E-state index in [4.69, 9.17) is 18.9 Å². The van der Waals surface area contributed by atoms with E-state index in [1.54, 1.807) is 19.1 Å². The molecule has 380 valence electrons. The van der Waals surface area contributed by atoms with Crippen molar-refractivity contribution in [2.45, 2.75) is 99.2 Å². The fourth-order valence-corrected chi connectivity index (χ4v) is 8.53. The maximum atomic E-state index is 12.8. The van der Waals surface area contributed by atoms with Crippen molar-refractivity contribution in [3.8, 4) is 22.3 Å². The third-order valence-corrected chi connectivity index (χ3v) is 12.6. The number of nitrogens with zero attached hydrogens (tertiary/aromatic N) is 1. The molecule has 0 spiro atoms. The van der Waals surface area contributed by atoms with Gasteiger partial charge in [0.25, 0.3) is 0 Å². The van der Waals surface area contributed by atoms with Gasteiger partial charge < -0.3 is 24.9 Å². The number of hydrogen-bond donors (Lipinski definition) is 1. The van der Waals surface area contributed by atoms with Gasteiger partial charge >= 0.3 is 53.4 Å². The number of halogens is 1. The summed E-state index contributed by atoms with van der Waals surface area (Å²) in [7, 11) is 0. The van der Waals surface area contributed by atoms with Crippen molar-refractivity contribution in [1.82, 2.24) is 4.57 Å². The van der Waals surface area contributed by atoms with Gasteiger partial charge in [0.15, 0.2) is 0 Å². The predicted molar refractivity (Wildman–Crippen MR) is 294 cm³/mol. The number of nitrogens with one attached hydrogen (secondary N) is 1. The first-order chi connectivity index (χ1) is 34.6. The Bertz CT molecular complexity index is 3310. The largest absolute Gasteiger partial charge is 1.00 e. The van der Waals surface area contributed by atoms with Crippen molar-refractivity contribution < 1.29 is 74.1 Å². The zero-order valence-electron chi connectivity index (χ0n) is 45.8. The van der Waals surface area contributed by atoms with Crippen LogP contribution in [0.2, 0.25) is 0 Å². The number of allylic oxidation sites excluding steroid dienone is 1. The number of aromatic nitrogens is 1. The Morgan fingerprint density at radius 2 is 1.07 bits per heavy atom. The molecule has 7 aromatic rings. The summed E-state index contributed by atoms with van der Waals surface area (Å²) in [5.41, 5.74) is 12.7. The molecule has 0 saturated carbocycles. The topological polar surface area (TPSA) is 124 Å². The Kier molecular flexibility index (Phi) is 20.3. The number of carbonyl (C=O) groups is 4. The van der Waals surface area contributed by atoms with Crippen LogP contribution in [0.25, 0.3) is 38.7 Å². The molecule has 0 fully saturated rings. The second-order valence-corrected chi connectivity index (χ2v) is 20.1. The number of benzene rings is 6. The molecule has 1 aromatic heterocycles. The first kappa shape index (κ1) is 58.5. The van der Waals surface area contributed by atoms with Crippen LogP contribution in [0.1, 0.15) is 128 Å². The summed E-state index contributed by atoms with van der Waals surface area (Å²) in [6, 6.07) is 42.7. The van der Waals surface area contributed by atoms with E-state index < -0.39 is 11.2 Å². The van der Waals surface area contributed by atoms with Crippen molar-refractivity contribution in [2.24, 2.45) is 0 Å². The molecule has 6 aromatic carbocycles. The van der Waals surface area contributed by atoms with Gasteiger partial charge in [-0.3, -0.25) is 0 Å². The molecule has 0 amide bonds. The number of alkyl halides is 1. The fraction of sp³-hybridized carbons (Fsp3) is 0.274. The van der Waals surface area contributed by atoms with Gasteiger partial charge in [0, 0.05) is 40.1 Å². The molecule has 0 atom stereocenters. The van der Waals surface area contributed by atoms with Crippen LogP contribution in [-0.4, -0.2) is 52.9 Å². The molecule has 10 nitrogen and oxygen atoms in total. The number of fused-ring (bicyclic) bond motifs is 2. The van der Waals surface area contributed by atoms with Crippen LogP contribution in [0, 0.1) is 13.8 Å². The van der Waals surface area contributed by atoms with Crippen molar-refractivity contribution >= 4 is 56.3 Å². The Labute approximate surface area is 467 Å². The van der Waals surface area contributed by atoms with Crippen LogP contribution in [0.3, 0.4) is 0 Å². The van der Waals surface area contributed by atoms with Gasteiger partial charge in [-0.2, -0.15) is 0 Å². The third kappa shape index (κ3) is 14.9. The van der Waals surface area contributed by atoms with Crippen LogP contribution in [0.4, 0.5) is 0 Å². The second-order valence-electron chi connectivity index (χ2n) is 19.6. The number of carbonyl (C=O) groups excluding carboxylic acids is 4. The van der Waals surface area contributed by atoms with Crippen molar-refractivity contribution in [2.75, 3.05) is 13.2 Å². The molecule has 1 aliphatic heterocycles. The van der Waals surface area contributed by atoms with Crippen molar-refractivity contribution in [3.05, 3.63) is 201 Å². The van der Waals surface area contributed by atoms with E-state index >= 15 is 0 Å². The van der Waals surface area contributed by atoms with Gasteiger partial charge in [0.2, 0.25) is 11.1 Å². The standard InChI is InChI=1S/C31H33NO4.C18H19BrO2.C13H13NO2.Na.H/c1-7-35-29(33)24-16-17-28-27(18-24)20(2)21(3)32(28)19-22-12-14-23(15-13-22)25-10-8-9-11-26(25)30(34)36-31(4,5)6;1-18(2,3)21-17(20)16-7-5-4-6-15(16)14-10-8-13(12-19)9-11-14;1-4-16-13(15)10-5-6-12-11(7-10)8(2)9(3)14-12;;/h8-18H,7,19H2,1-6H3;4-11H,12H2,1-3H3;5-7H,3-4H2,1-2H3;;/q;;;+1;-1/p+1. The summed E-state index contributed by atoms with van der Waals surface area (Å²) in [6.45, 7) is 26.3. The Hall–Kier alpha value is -6.37.